The molecule has 4 atom stereocenters. The third-order valence-corrected chi connectivity index (χ3v) is 7.67. The maximum absolute atomic E-state index is 12.9. The summed E-state index contributed by atoms with van der Waals surface area (Å²) >= 11 is 0. The van der Waals surface area contributed by atoms with Crippen LogP contribution in [-0.2, 0) is 9.59 Å². The van der Waals surface area contributed by atoms with Crippen molar-refractivity contribution in [3.8, 4) is 0 Å². The lowest BCUT2D eigenvalue weighted by Crippen LogP contribution is -2.42. The molecule has 0 aromatic heterocycles. The first kappa shape index (κ1) is 16.0. The van der Waals surface area contributed by atoms with E-state index in [4.69, 9.17) is 0 Å². The van der Waals surface area contributed by atoms with Gasteiger partial charge in [0.1, 0.15) is 0 Å². The average Bonchev–Trinajstić information content (AvgIpc) is 3.09. The molecule has 1 aliphatic heterocycles. The Morgan fingerprint density at radius 2 is 1.91 bits per heavy atom. The Morgan fingerprint density at radius 3 is 2.45 bits per heavy atom. The van der Waals surface area contributed by atoms with Crippen LogP contribution in [0, 0.1) is 22.7 Å². The molecule has 0 N–H and O–H groups in total. The molecule has 3 aliphatic rings. The maximum atomic E-state index is 12.9. The highest BCUT2D eigenvalue weighted by molar-refractivity contribution is 5.89. The van der Waals surface area contributed by atoms with Crippen LogP contribution < -0.4 is 0 Å². The van der Waals surface area contributed by atoms with Gasteiger partial charge < -0.3 is 4.90 Å². The molecule has 22 heavy (non-hydrogen) atoms. The quantitative estimate of drug-likeness (QED) is 0.792. The van der Waals surface area contributed by atoms with Crippen molar-refractivity contribution in [2.24, 2.45) is 22.7 Å². The molecule has 3 fully saturated rings. The lowest BCUT2D eigenvalue weighted by atomic mass is 9.65. The van der Waals surface area contributed by atoms with E-state index in [9.17, 15) is 9.59 Å². The third kappa shape index (κ3) is 2.15. The lowest BCUT2D eigenvalue weighted by molar-refractivity contribution is -0.138. The monoisotopic (exact) mass is 305 g/mol. The number of hydrogen-bond acceptors (Lipinski definition) is 2. The summed E-state index contributed by atoms with van der Waals surface area (Å²) in [6, 6.07) is -0.127. The van der Waals surface area contributed by atoms with Crippen molar-refractivity contribution in [1.29, 1.82) is 0 Å². The van der Waals surface area contributed by atoms with Crippen molar-refractivity contribution < 1.29 is 9.59 Å². The lowest BCUT2D eigenvalue weighted by Gasteiger charge is -2.39. The Kier molecular flexibility index (Phi) is 3.89. The molecule has 3 unspecified atom stereocenters. The summed E-state index contributed by atoms with van der Waals surface area (Å²) in [6.45, 7) is 9.87. The molecule has 0 aromatic carbocycles. The van der Waals surface area contributed by atoms with E-state index in [1.54, 1.807) is 0 Å². The van der Waals surface area contributed by atoms with Gasteiger partial charge in [0, 0.05) is 19.4 Å². The van der Waals surface area contributed by atoms with Crippen LogP contribution in [0.1, 0.15) is 72.6 Å². The van der Waals surface area contributed by atoms with Gasteiger partial charge >= 0.3 is 0 Å². The fraction of sp³-hybridized carbons (Fsp3) is 0.895. The SMILES string of the molecule is CCC(=O)N1CCC[C@H]1C(=O)CC1CC2CCC1(C)C2(C)C. The minimum Gasteiger partial charge on any atom is -0.333 e. The number of likely N-dealkylation sites (tertiary alicyclic amines) is 1. The molecule has 3 rings (SSSR count). The van der Waals surface area contributed by atoms with E-state index in [-0.39, 0.29) is 11.9 Å². The molecule has 1 heterocycles. The minimum absolute atomic E-state index is 0.127. The Morgan fingerprint density at radius 1 is 1.18 bits per heavy atom. The van der Waals surface area contributed by atoms with E-state index >= 15 is 0 Å². The number of Topliss-reactive ketones (excluding diaryl/α,β-unsaturated/α-hetero) is 1. The molecular formula is C19H31NO2. The van der Waals surface area contributed by atoms with E-state index in [0.29, 0.717) is 35.4 Å². The van der Waals surface area contributed by atoms with E-state index in [0.717, 1.165) is 25.3 Å². The van der Waals surface area contributed by atoms with Gasteiger partial charge in [-0.05, 0) is 54.8 Å². The highest BCUT2D eigenvalue weighted by Crippen LogP contribution is 2.68. The van der Waals surface area contributed by atoms with Crippen LogP contribution in [0.25, 0.3) is 0 Å². The van der Waals surface area contributed by atoms with E-state index in [1.165, 1.54) is 19.3 Å². The third-order valence-electron chi connectivity index (χ3n) is 7.67. The van der Waals surface area contributed by atoms with Gasteiger partial charge in [-0.1, -0.05) is 27.7 Å². The number of amides is 1. The van der Waals surface area contributed by atoms with Crippen LogP contribution in [0.5, 0.6) is 0 Å². The number of rotatable bonds is 4. The first-order chi connectivity index (χ1) is 10.3. The molecule has 124 valence electrons. The summed E-state index contributed by atoms with van der Waals surface area (Å²) in [5, 5.41) is 0. The van der Waals surface area contributed by atoms with Crippen molar-refractivity contribution in [1.82, 2.24) is 4.90 Å². The van der Waals surface area contributed by atoms with Gasteiger partial charge in [0.05, 0.1) is 6.04 Å². The zero-order valence-corrected chi connectivity index (χ0v) is 14.7. The summed E-state index contributed by atoms with van der Waals surface area (Å²) in [5.74, 6) is 1.78. The predicted octanol–water partition coefficient (Wildman–Crippen LogP) is 3.81. The second-order valence-corrected chi connectivity index (χ2v) is 8.58. The van der Waals surface area contributed by atoms with Gasteiger partial charge in [0.2, 0.25) is 5.91 Å². The predicted molar refractivity (Wildman–Crippen MR) is 87.4 cm³/mol. The van der Waals surface area contributed by atoms with Gasteiger partial charge in [-0.15, -0.1) is 0 Å². The van der Waals surface area contributed by atoms with E-state index in [1.807, 2.05) is 11.8 Å². The second-order valence-electron chi connectivity index (χ2n) is 8.58. The molecule has 1 saturated heterocycles. The number of fused-ring (bicyclic) bond motifs is 2. The molecule has 1 amide bonds. The van der Waals surface area contributed by atoms with Crippen LogP contribution in [0.3, 0.4) is 0 Å². The first-order valence-electron chi connectivity index (χ1n) is 9.13. The number of hydrogen-bond donors (Lipinski definition) is 0. The maximum Gasteiger partial charge on any atom is 0.222 e. The summed E-state index contributed by atoms with van der Waals surface area (Å²) in [7, 11) is 0. The molecule has 2 bridgehead atoms. The number of nitrogens with zero attached hydrogens (tertiary/aromatic N) is 1. The normalized spacial score (nSPS) is 39.5. The van der Waals surface area contributed by atoms with Gasteiger partial charge in [0.25, 0.3) is 0 Å². The molecule has 0 radical (unpaired) electrons. The topological polar surface area (TPSA) is 37.4 Å². The van der Waals surface area contributed by atoms with Gasteiger partial charge in [-0.3, -0.25) is 9.59 Å². The fourth-order valence-electron chi connectivity index (χ4n) is 5.66. The first-order valence-corrected chi connectivity index (χ1v) is 9.13. The van der Waals surface area contributed by atoms with Gasteiger partial charge in [-0.25, -0.2) is 0 Å². The standard InChI is InChI=1S/C19H31NO2/c1-5-17(22)20-10-6-7-15(20)16(21)12-14-11-13-8-9-19(14,4)18(13,2)3/h13-15H,5-12H2,1-4H3/t13?,14?,15-,19?/m0/s1. The summed E-state index contributed by atoms with van der Waals surface area (Å²) in [6.07, 6.45) is 6.88. The van der Waals surface area contributed by atoms with Crippen LogP contribution in [0.15, 0.2) is 0 Å². The van der Waals surface area contributed by atoms with Crippen molar-refractivity contribution in [2.75, 3.05) is 6.54 Å². The Labute approximate surface area is 134 Å². The second kappa shape index (κ2) is 5.35. The molecule has 3 heteroatoms. The minimum atomic E-state index is -0.127. The molecule has 3 nitrogen and oxygen atoms in total. The smallest absolute Gasteiger partial charge is 0.222 e. The Bertz CT molecular complexity index is 484. The molecule has 0 aromatic rings. The van der Waals surface area contributed by atoms with Crippen molar-refractivity contribution >= 4 is 11.7 Å². The summed E-state index contributed by atoms with van der Waals surface area (Å²) in [5.41, 5.74) is 0.679. The zero-order chi connectivity index (χ0) is 16.1. The highest BCUT2D eigenvalue weighted by Gasteiger charge is 2.61. The van der Waals surface area contributed by atoms with Crippen molar-refractivity contribution in [3.05, 3.63) is 0 Å². The zero-order valence-electron chi connectivity index (χ0n) is 14.7. The van der Waals surface area contributed by atoms with Crippen molar-refractivity contribution in [3.63, 3.8) is 0 Å². The number of ketones is 1. The number of carbonyl (C=O) groups is 2. The highest BCUT2D eigenvalue weighted by atomic mass is 16.2. The number of carbonyl (C=O) groups excluding carboxylic acids is 2. The fourth-order valence-corrected chi connectivity index (χ4v) is 5.66. The van der Waals surface area contributed by atoms with E-state index in [2.05, 4.69) is 20.8 Å². The summed E-state index contributed by atoms with van der Waals surface area (Å²) in [4.78, 5) is 26.8. The molecule has 0 spiro atoms. The average molecular weight is 305 g/mol. The largest absolute Gasteiger partial charge is 0.333 e. The molecular weight excluding hydrogens is 274 g/mol. The summed E-state index contributed by atoms with van der Waals surface area (Å²) < 4.78 is 0. The van der Waals surface area contributed by atoms with Crippen molar-refractivity contribution in [2.45, 2.75) is 78.7 Å². The van der Waals surface area contributed by atoms with Crippen LogP contribution in [0.4, 0.5) is 0 Å². The van der Waals surface area contributed by atoms with Crippen LogP contribution in [-0.4, -0.2) is 29.2 Å². The van der Waals surface area contributed by atoms with E-state index < -0.39 is 0 Å². The molecule has 2 saturated carbocycles. The van der Waals surface area contributed by atoms with Crippen LogP contribution in [0.2, 0.25) is 0 Å². The van der Waals surface area contributed by atoms with Gasteiger partial charge in [-0.2, -0.15) is 0 Å². The Hall–Kier alpha value is -0.860. The van der Waals surface area contributed by atoms with Crippen LogP contribution >= 0.6 is 0 Å². The Balaban J connectivity index is 1.69. The molecule has 2 aliphatic carbocycles. The van der Waals surface area contributed by atoms with Gasteiger partial charge in [0.15, 0.2) is 5.78 Å².